The van der Waals surface area contributed by atoms with E-state index in [9.17, 15) is 4.79 Å². The van der Waals surface area contributed by atoms with E-state index in [2.05, 4.69) is 53.4 Å². The van der Waals surface area contributed by atoms with Crippen LogP contribution in [0, 0.1) is 0 Å². The van der Waals surface area contributed by atoms with Gasteiger partial charge in [0.15, 0.2) is 0 Å². The van der Waals surface area contributed by atoms with Crippen molar-refractivity contribution in [3.63, 3.8) is 0 Å². The van der Waals surface area contributed by atoms with Crippen LogP contribution in [-0.4, -0.2) is 39.7 Å². The summed E-state index contributed by atoms with van der Waals surface area (Å²) in [7, 11) is 0. The molecule has 2 atom stereocenters. The van der Waals surface area contributed by atoms with Crippen molar-refractivity contribution in [2.24, 2.45) is 0 Å². The number of carbonyl (C=O) groups excluding carboxylic acids is 1. The molecule has 1 aliphatic heterocycles. The molecule has 2 aromatic heterocycles. The molecule has 28 heavy (non-hydrogen) atoms. The van der Waals surface area contributed by atoms with Crippen molar-refractivity contribution in [2.45, 2.75) is 38.3 Å². The van der Waals surface area contributed by atoms with Gasteiger partial charge in [-0.3, -0.25) is 4.79 Å². The van der Waals surface area contributed by atoms with E-state index in [1.165, 1.54) is 5.56 Å². The van der Waals surface area contributed by atoms with Crippen molar-refractivity contribution < 1.29 is 9.53 Å². The maximum absolute atomic E-state index is 12.5. The van der Waals surface area contributed by atoms with E-state index in [4.69, 9.17) is 4.74 Å². The average Bonchev–Trinajstić information content (AvgIpc) is 3.43. The molecular formula is C21H24N4O2S. The highest BCUT2D eigenvalue weighted by molar-refractivity contribution is 7.13. The smallest absolute Gasteiger partial charge is 0.226 e. The second-order valence-corrected chi connectivity index (χ2v) is 8.24. The monoisotopic (exact) mass is 396 g/mol. The van der Waals surface area contributed by atoms with E-state index in [0.717, 1.165) is 16.3 Å². The molecule has 0 aliphatic carbocycles. The molecule has 1 amide bonds. The maximum atomic E-state index is 12.5. The molecule has 4 rings (SSSR count). The first-order valence-corrected chi connectivity index (χ1v) is 10.4. The number of carbonyl (C=O) groups is 1. The lowest BCUT2D eigenvalue weighted by Crippen LogP contribution is -2.41. The van der Waals surface area contributed by atoms with Crippen molar-refractivity contribution in [3.05, 3.63) is 59.6 Å². The van der Waals surface area contributed by atoms with Crippen LogP contribution in [-0.2, 0) is 16.0 Å². The Morgan fingerprint density at radius 3 is 2.86 bits per heavy atom. The highest BCUT2D eigenvalue weighted by atomic mass is 32.1. The summed E-state index contributed by atoms with van der Waals surface area (Å²) in [5, 5.41) is 5.99. The van der Waals surface area contributed by atoms with Crippen LogP contribution in [0.3, 0.4) is 0 Å². The Morgan fingerprint density at radius 1 is 1.32 bits per heavy atom. The normalized spacial score (nSPS) is 19.2. The first-order chi connectivity index (χ1) is 13.6. The third-order valence-electron chi connectivity index (χ3n) is 5.02. The molecule has 1 saturated heterocycles. The third-order valence-corrected chi connectivity index (χ3v) is 5.96. The summed E-state index contributed by atoms with van der Waals surface area (Å²) >= 11 is 1.57. The minimum absolute atomic E-state index is 0.0346. The molecule has 0 unspecified atom stereocenters. The molecule has 1 aliphatic rings. The predicted molar refractivity (Wildman–Crippen MR) is 109 cm³/mol. The van der Waals surface area contributed by atoms with Crippen LogP contribution in [0.1, 0.15) is 37.1 Å². The van der Waals surface area contributed by atoms with E-state index < -0.39 is 0 Å². The zero-order valence-electron chi connectivity index (χ0n) is 16.0. The molecule has 6 nitrogen and oxygen atoms in total. The van der Waals surface area contributed by atoms with Crippen molar-refractivity contribution in [2.75, 3.05) is 13.2 Å². The zero-order valence-corrected chi connectivity index (χ0v) is 16.9. The number of imidazole rings is 1. The van der Waals surface area contributed by atoms with Gasteiger partial charge in [0.2, 0.25) is 5.91 Å². The Morgan fingerprint density at radius 2 is 2.14 bits per heavy atom. The predicted octanol–water partition coefficient (Wildman–Crippen LogP) is 3.43. The van der Waals surface area contributed by atoms with Crippen LogP contribution >= 0.6 is 11.3 Å². The Hall–Kier alpha value is -2.51. The SMILES string of the molecule is CC(C)c1ccc(-c2nc(CC(=O)N[C@@H]3COC[C@@H]3n3ccnc3)cs2)cc1. The van der Waals surface area contributed by atoms with Crippen molar-refractivity contribution >= 4 is 17.2 Å². The largest absolute Gasteiger partial charge is 0.377 e. The summed E-state index contributed by atoms with van der Waals surface area (Å²) in [4.78, 5) is 21.3. The van der Waals surface area contributed by atoms with Gasteiger partial charge in [0.05, 0.1) is 43.7 Å². The molecule has 7 heteroatoms. The van der Waals surface area contributed by atoms with Crippen LogP contribution in [0.4, 0.5) is 0 Å². The molecule has 0 saturated carbocycles. The standard InChI is InChI=1S/C21H24N4O2S/c1-14(2)15-3-5-16(6-4-15)21-23-17(12-28-21)9-20(26)24-18-10-27-11-19(18)25-8-7-22-13-25/h3-8,12-14,18-19H,9-11H2,1-2H3,(H,24,26)/t18-,19+/m1/s1. The third kappa shape index (κ3) is 4.15. The van der Waals surface area contributed by atoms with Gasteiger partial charge in [-0.2, -0.15) is 0 Å². The minimum Gasteiger partial charge on any atom is -0.377 e. The number of ether oxygens (including phenoxy) is 1. The zero-order chi connectivity index (χ0) is 19.5. The van der Waals surface area contributed by atoms with E-state index in [-0.39, 0.29) is 24.4 Å². The molecule has 1 aromatic carbocycles. The molecule has 3 aromatic rings. The van der Waals surface area contributed by atoms with Crippen LogP contribution < -0.4 is 5.32 Å². The molecular weight excluding hydrogens is 372 g/mol. The van der Waals surface area contributed by atoms with E-state index in [1.807, 2.05) is 16.1 Å². The van der Waals surface area contributed by atoms with Gasteiger partial charge >= 0.3 is 0 Å². The summed E-state index contributed by atoms with van der Waals surface area (Å²) in [5.41, 5.74) is 3.19. The second-order valence-electron chi connectivity index (χ2n) is 7.39. The summed E-state index contributed by atoms with van der Waals surface area (Å²) in [6.45, 7) is 5.46. The van der Waals surface area contributed by atoms with Gasteiger partial charge in [-0.15, -0.1) is 11.3 Å². The number of nitrogens with one attached hydrogen (secondary N) is 1. The number of thiazole rings is 1. The van der Waals surface area contributed by atoms with Gasteiger partial charge in [0.1, 0.15) is 5.01 Å². The number of benzene rings is 1. The van der Waals surface area contributed by atoms with Crippen LogP contribution in [0.25, 0.3) is 10.6 Å². The Kier molecular flexibility index (Phi) is 5.54. The Bertz CT molecular complexity index is 918. The fourth-order valence-electron chi connectivity index (χ4n) is 3.39. The van der Waals surface area contributed by atoms with Gasteiger partial charge in [-0.1, -0.05) is 38.1 Å². The van der Waals surface area contributed by atoms with Crippen LogP contribution in [0.5, 0.6) is 0 Å². The van der Waals surface area contributed by atoms with Crippen molar-refractivity contribution in [1.82, 2.24) is 19.9 Å². The second kappa shape index (κ2) is 8.24. The van der Waals surface area contributed by atoms with Gasteiger partial charge in [0.25, 0.3) is 0 Å². The highest BCUT2D eigenvalue weighted by Gasteiger charge is 2.30. The number of rotatable bonds is 6. The molecule has 1 fully saturated rings. The number of nitrogens with zero attached hydrogens (tertiary/aromatic N) is 3. The quantitative estimate of drug-likeness (QED) is 0.693. The first kappa shape index (κ1) is 18.8. The lowest BCUT2D eigenvalue weighted by atomic mass is 10.0. The molecule has 0 spiro atoms. The number of aromatic nitrogens is 3. The van der Waals surface area contributed by atoms with Crippen molar-refractivity contribution in [3.8, 4) is 10.6 Å². The summed E-state index contributed by atoms with van der Waals surface area (Å²) < 4.78 is 7.54. The molecule has 0 bridgehead atoms. The van der Waals surface area contributed by atoms with Gasteiger partial charge in [0, 0.05) is 23.3 Å². The first-order valence-electron chi connectivity index (χ1n) is 9.49. The topological polar surface area (TPSA) is 69.0 Å². The number of hydrogen-bond acceptors (Lipinski definition) is 5. The molecule has 3 heterocycles. The summed E-state index contributed by atoms with van der Waals surface area (Å²) in [6, 6.07) is 8.52. The van der Waals surface area contributed by atoms with Gasteiger partial charge in [-0.25, -0.2) is 9.97 Å². The molecule has 0 radical (unpaired) electrons. The van der Waals surface area contributed by atoms with Gasteiger partial charge in [-0.05, 0) is 11.5 Å². The lowest BCUT2D eigenvalue weighted by molar-refractivity contribution is -0.121. The van der Waals surface area contributed by atoms with E-state index >= 15 is 0 Å². The average molecular weight is 397 g/mol. The summed E-state index contributed by atoms with van der Waals surface area (Å²) in [5.74, 6) is 0.475. The Labute approximate surface area is 168 Å². The minimum atomic E-state index is -0.0524. The molecule has 1 N–H and O–H groups in total. The lowest BCUT2D eigenvalue weighted by Gasteiger charge is -2.19. The van der Waals surface area contributed by atoms with Crippen LogP contribution in [0.2, 0.25) is 0 Å². The Balaban J connectivity index is 1.37. The molecule has 146 valence electrons. The number of hydrogen-bond donors (Lipinski definition) is 1. The van der Waals surface area contributed by atoms with Crippen LogP contribution in [0.15, 0.2) is 48.4 Å². The maximum Gasteiger partial charge on any atom is 0.226 e. The van der Waals surface area contributed by atoms with E-state index in [1.54, 1.807) is 23.9 Å². The van der Waals surface area contributed by atoms with Gasteiger partial charge < -0.3 is 14.6 Å². The fourth-order valence-corrected chi connectivity index (χ4v) is 4.22. The number of amides is 1. The van der Waals surface area contributed by atoms with Crippen molar-refractivity contribution in [1.29, 1.82) is 0 Å². The highest BCUT2D eigenvalue weighted by Crippen LogP contribution is 2.26. The fraction of sp³-hybridized carbons (Fsp3) is 0.381. The summed E-state index contributed by atoms with van der Waals surface area (Å²) in [6.07, 6.45) is 5.67. The van der Waals surface area contributed by atoms with E-state index in [0.29, 0.717) is 19.1 Å².